The lowest BCUT2D eigenvalue weighted by atomic mass is 9.55. The summed E-state index contributed by atoms with van der Waals surface area (Å²) in [6, 6.07) is 0. The Kier molecular flexibility index (Phi) is 2.31. The Labute approximate surface area is 96.9 Å². The van der Waals surface area contributed by atoms with Gasteiger partial charge in [-0.2, -0.15) is 0 Å². The lowest BCUT2D eigenvalue weighted by molar-refractivity contribution is -0.129. The number of hydrogen-bond donors (Lipinski definition) is 0. The Morgan fingerprint density at radius 2 is 2.06 bits per heavy atom. The van der Waals surface area contributed by atoms with Gasteiger partial charge in [-0.25, -0.2) is 4.85 Å². The van der Waals surface area contributed by atoms with E-state index >= 15 is 0 Å². The number of ketones is 1. The van der Waals surface area contributed by atoms with Crippen molar-refractivity contribution in [2.45, 2.75) is 33.6 Å². The number of nitrogens with zero attached hydrogens (tertiary/aromatic N) is 1. The van der Waals surface area contributed by atoms with Gasteiger partial charge in [0.2, 0.25) is 5.70 Å². The molecule has 0 N–H and O–H groups in total. The molecule has 2 aliphatic carbocycles. The molecule has 16 heavy (non-hydrogen) atoms. The molecule has 0 aromatic heterocycles. The van der Waals surface area contributed by atoms with Crippen LogP contribution in [0.3, 0.4) is 0 Å². The minimum Gasteiger partial charge on any atom is -0.307 e. The largest absolute Gasteiger partial charge is 0.307 e. The average molecular weight is 215 g/mol. The van der Waals surface area contributed by atoms with Crippen molar-refractivity contribution in [1.29, 1.82) is 0 Å². The highest BCUT2D eigenvalue weighted by molar-refractivity contribution is 6.02. The fraction of sp³-hybridized carbons (Fsp3) is 0.571. The lowest BCUT2D eigenvalue weighted by Gasteiger charge is -2.48. The molecule has 2 heteroatoms. The molecule has 0 aliphatic heterocycles. The van der Waals surface area contributed by atoms with Crippen LogP contribution < -0.4 is 0 Å². The zero-order valence-electron chi connectivity index (χ0n) is 10.1. The van der Waals surface area contributed by atoms with Crippen molar-refractivity contribution in [3.8, 4) is 0 Å². The topological polar surface area (TPSA) is 21.4 Å². The van der Waals surface area contributed by atoms with Crippen molar-refractivity contribution in [3.63, 3.8) is 0 Å². The summed E-state index contributed by atoms with van der Waals surface area (Å²) in [4.78, 5) is 15.6. The Morgan fingerprint density at radius 1 is 1.38 bits per heavy atom. The molecular weight excluding hydrogens is 198 g/mol. The molecule has 0 aromatic rings. The van der Waals surface area contributed by atoms with E-state index in [0.29, 0.717) is 11.6 Å². The Morgan fingerprint density at radius 3 is 2.69 bits per heavy atom. The van der Waals surface area contributed by atoms with Gasteiger partial charge in [0.25, 0.3) is 0 Å². The van der Waals surface area contributed by atoms with Crippen LogP contribution in [0.25, 0.3) is 4.85 Å². The fourth-order valence-electron chi connectivity index (χ4n) is 3.21. The number of Topliss-reactive ketones (excluding diaryl/α,β-unsaturated/α-hetero) is 1. The van der Waals surface area contributed by atoms with Crippen LogP contribution in [0.4, 0.5) is 0 Å². The van der Waals surface area contributed by atoms with Crippen LogP contribution in [0.15, 0.2) is 23.9 Å². The van der Waals surface area contributed by atoms with Crippen LogP contribution in [-0.4, -0.2) is 5.78 Å². The van der Waals surface area contributed by atoms with E-state index in [1.807, 2.05) is 19.9 Å². The van der Waals surface area contributed by atoms with Gasteiger partial charge >= 0.3 is 0 Å². The Hall–Kier alpha value is -1.36. The smallest absolute Gasteiger partial charge is 0.226 e. The second kappa shape index (κ2) is 3.31. The van der Waals surface area contributed by atoms with Crippen LogP contribution in [0.2, 0.25) is 0 Å². The van der Waals surface area contributed by atoms with Crippen molar-refractivity contribution >= 4 is 5.78 Å². The summed E-state index contributed by atoms with van der Waals surface area (Å²) in [5, 5.41) is 0. The third-order valence-corrected chi connectivity index (χ3v) is 4.17. The fourth-order valence-corrected chi connectivity index (χ4v) is 3.21. The van der Waals surface area contributed by atoms with Gasteiger partial charge in [-0.3, -0.25) is 0 Å². The number of rotatable bonds is 0. The molecule has 0 radical (unpaired) electrons. The molecule has 2 rings (SSSR count). The standard InChI is InChI=1S/C14H17NO/c1-13(2)11-7-5-6-8-14(11,3)9-10(15-4)12(13)16/h5-6,9,11H,7-8H2,1-3H3/t11-,14-/m0/s1. The molecule has 0 saturated carbocycles. The summed E-state index contributed by atoms with van der Waals surface area (Å²) < 4.78 is 0. The molecule has 0 saturated heterocycles. The van der Waals surface area contributed by atoms with E-state index in [-0.39, 0.29) is 11.2 Å². The number of carbonyl (C=O) groups excluding carboxylic acids is 1. The highest BCUT2D eigenvalue weighted by Crippen LogP contribution is 2.53. The van der Waals surface area contributed by atoms with E-state index in [9.17, 15) is 4.79 Å². The van der Waals surface area contributed by atoms with E-state index in [1.54, 1.807) is 0 Å². The summed E-state index contributed by atoms with van der Waals surface area (Å²) in [6.45, 7) is 13.2. The van der Waals surface area contributed by atoms with Crippen LogP contribution in [-0.2, 0) is 4.79 Å². The Bertz CT molecular complexity index is 436. The molecule has 2 nitrogen and oxygen atoms in total. The van der Waals surface area contributed by atoms with Gasteiger partial charge in [-0.1, -0.05) is 39.0 Å². The molecule has 84 valence electrons. The minimum atomic E-state index is -0.409. The lowest BCUT2D eigenvalue weighted by Crippen LogP contribution is -2.46. The first-order chi connectivity index (χ1) is 7.42. The zero-order chi connectivity index (χ0) is 12.0. The van der Waals surface area contributed by atoms with Crippen LogP contribution in [0.5, 0.6) is 0 Å². The summed E-state index contributed by atoms with van der Waals surface area (Å²) >= 11 is 0. The highest BCUT2D eigenvalue weighted by Gasteiger charge is 2.50. The van der Waals surface area contributed by atoms with Crippen molar-refractivity contribution in [3.05, 3.63) is 35.3 Å². The van der Waals surface area contributed by atoms with E-state index in [4.69, 9.17) is 6.57 Å². The highest BCUT2D eigenvalue weighted by atomic mass is 16.1. The van der Waals surface area contributed by atoms with Gasteiger partial charge in [0, 0.05) is 5.41 Å². The predicted molar refractivity (Wildman–Crippen MR) is 63.4 cm³/mol. The first-order valence-electron chi connectivity index (χ1n) is 5.72. The monoisotopic (exact) mass is 215 g/mol. The molecule has 2 atom stereocenters. The molecule has 2 aliphatic rings. The number of hydrogen-bond acceptors (Lipinski definition) is 1. The number of carbonyl (C=O) groups is 1. The van der Waals surface area contributed by atoms with Gasteiger partial charge in [0.15, 0.2) is 5.78 Å². The molecule has 0 bridgehead atoms. The van der Waals surface area contributed by atoms with Crippen molar-refractivity contribution in [1.82, 2.24) is 0 Å². The molecular formula is C14H17NO. The van der Waals surface area contributed by atoms with Gasteiger partial charge < -0.3 is 4.79 Å². The maximum Gasteiger partial charge on any atom is 0.226 e. The average Bonchev–Trinajstić information content (AvgIpc) is 2.24. The Balaban J connectivity index is 2.58. The molecule has 0 unspecified atom stereocenters. The SMILES string of the molecule is [C-]#[N+]C1=C[C@]2(C)CC=CC[C@H]2C(C)(C)C1=O. The summed E-state index contributed by atoms with van der Waals surface area (Å²) in [7, 11) is 0. The van der Waals surface area contributed by atoms with Crippen molar-refractivity contribution in [2.24, 2.45) is 16.7 Å². The number of allylic oxidation sites excluding steroid dienone is 4. The first kappa shape index (κ1) is 11.1. The third kappa shape index (κ3) is 1.35. The van der Waals surface area contributed by atoms with Crippen molar-refractivity contribution in [2.75, 3.05) is 0 Å². The van der Waals surface area contributed by atoms with E-state index in [2.05, 4.69) is 23.9 Å². The quantitative estimate of drug-likeness (QED) is 0.448. The summed E-state index contributed by atoms with van der Waals surface area (Å²) in [5.41, 5.74) is -0.0979. The third-order valence-electron chi connectivity index (χ3n) is 4.17. The minimum absolute atomic E-state index is 0.0141. The van der Waals surface area contributed by atoms with E-state index in [0.717, 1.165) is 12.8 Å². The van der Waals surface area contributed by atoms with Gasteiger partial charge in [-0.15, -0.1) is 0 Å². The summed E-state index contributed by atoms with van der Waals surface area (Å²) in [6.07, 6.45) is 8.12. The molecule has 0 aromatic carbocycles. The summed E-state index contributed by atoms with van der Waals surface area (Å²) in [5.74, 6) is 0.336. The number of fused-ring (bicyclic) bond motifs is 1. The maximum absolute atomic E-state index is 12.2. The van der Waals surface area contributed by atoms with Gasteiger partial charge in [0.05, 0.1) is 6.57 Å². The second-order valence-electron chi connectivity index (χ2n) is 5.66. The predicted octanol–water partition coefficient (Wildman–Crippen LogP) is 3.37. The van der Waals surface area contributed by atoms with Crippen LogP contribution >= 0.6 is 0 Å². The normalized spacial score (nSPS) is 36.2. The van der Waals surface area contributed by atoms with Crippen LogP contribution in [0, 0.1) is 23.3 Å². The van der Waals surface area contributed by atoms with Gasteiger partial charge in [-0.05, 0) is 24.2 Å². The second-order valence-corrected chi connectivity index (χ2v) is 5.66. The van der Waals surface area contributed by atoms with E-state index < -0.39 is 5.41 Å². The molecule has 0 fully saturated rings. The van der Waals surface area contributed by atoms with Crippen LogP contribution in [0.1, 0.15) is 33.6 Å². The van der Waals surface area contributed by atoms with Gasteiger partial charge in [0.1, 0.15) is 0 Å². The molecule has 0 heterocycles. The van der Waals surface area contributed by atoms with E-state index in [1.165, 1.54) is 0 Å². The zero-order valence-corrected chi connectivity index (χ0v) is 10.1. The molecule has 0 spiro atoms. The first-order valence-corrected chi connectivity index (χ1v) is 5.72. The molecule has 0 amide bonds. The maximum atomic E-state index is 12.2. The van der Waals surface area contributed by atoms with Crippen molar-refractivity contribution < 1.29 is 4.79 Å².